The Labute approximate surface area is 114 Å². The van der Waals surface area contributed by atoms with Crippen molar-refractivity contribution < 1.29 is 19.1 Å². The largest absolute Gasteiger partial charge is 0.480 e. The van der Waals surface area contributed by atoms with E-state index in [9.17, 15) is 14.0 Å². The third-order valence-corrected chi connectivity index (χ3v) is 2.75. The Morgan fingerprint density at radius 2 is 2.21 bits per heavy atom. The molecule has 0 unspecified atom stereocenters. The summed E-state index contributed by atoms with van der Waals surface area (Å²) in [7, 11) is 0. The van der Waals surface area contributed by atoms with Gasteiger partial charge in [0, 0.05) is 11.6 Å². The number of halogens is 2. The number of carboxylic acid groups (broad SMARTS) is 1. The number of carbonyl (C=O) groups is 2. The minimum Gasteiger partial charge on any atom is -0.480 e. The molecule has 4 nitrogen and oxygen atoms in total. The number of amides is 1. The van der Waals surface area contributed by atoms with Gasteiger partial charge in [0.1, 0.15) is 11.9 Å². The van der Waals surface area contributed by atoms with Crippen LogP contribution in [0.3, 0.4) is 0 Å². The Morgan fingerprint density at radius 3 is 2.74 bits per heavy atom. The fourth-order valence-electron chi connectivity index (χ4n) is 1.39. The van der Waals surface area contributed by atoms with Crippen LogP contribution >= 0.6 is 11.6 Å². The normalized spacial score (nSPS) is 12.4. The highest BCUT2D eigenvalue weighted by Gasteiger charge is 2.16. The monoisotopic (exact) mass is 285 g/mol. The summed E-state index contributed by atoms with van der Waals surface area (Å²) in [6.07, 6.45) is 2.52. The molecule has 1 amide bonds. The lowest BCUT2D eigenvalue weighted by Gasteiger charge is -2.09. The number of hydrogen-bond acceptors (Lipinski definition) is 2. The molecule has 0 heterocycles. The average molecular weight is 286 g/mol. The van der Waals surface area contributed by atoms with E-state index in [-0.39, 0.29) is 17.0 Å². The van der Waals surface area contributed by atoms with Gasteiger partial charge in [-0.3, -0.25) is 4.79 Å². The van der Waals surface area contributed by atoms with E-state index in [1.807, 2.05) is 0 Å². The van der Waals surface area contributed by atoms with E-state index in [1.165, 1.54) is 24.3 Å². The highest BCUT2D eigenvalue weighted by Crippen LogP contribution is 2.20. The molecule has 0 bridgehead atoms. The van der Waals surface area contributed by atoms with E-state index in [0.29, 0.717) is 0 Å². The summed E-state index contributed by atoms with van der Waals surface area (Å²) < 4.78 is 13.4. The first-order valence-corrected chi connectivity index (χ1v) is 5.99. The summed E-state index contributed by atoms with van der Waals surface area (Å²) >= 11 is 5.78. The van der Waals surface area contributed by atoms with Crippen molar-refractivity contribution in [3.8, 4) is 0 Å². The van der Waals surface area contributed by atoms with Crippen LogP contribution in [0.5, 0.6) is 0 Å². The zero-order chi connectivity index (χ0) is 14.4. The molecule has 6 heteroatoms. The summed E-state index contributed by atoms with van der Waals surface area (Å²) in [5.74, 6) is -2.29. The van der Waals surface area contributed by atoms with Gasteiger partial charge in [-0.25, -0.2) is 9.18 Å². The van der Waals surface area contributed by atoms with Crippen molar-refractivity contribution >= 4 is 29.6 Å². The highest BCUT2D eigenvalue weighted by atomic mass is 35.5. The number of benzene rings is 1. The Hall–Kier alpha value is -1.88. The summed E-state index contributed by atoms with van der Waals surface area (Å²) in [6, 6.07) is 3.20. The Balaban J connectivity index is 2.76. The van der Waals surface area contributed by atoms with Gasteiger partial charge in [-0.1, -0.05) is 24.6 Å². The van der Waals surface area contributed by atoms with Crippen molar-refractivity contribution in [2.75, 3.05) is 0 Å². The molecule has 0 saturated carbocycles. The van der Waals surface area contributed by atoms with Crippen molar-refractivity contribution in [3.63, 3.8) is 0 Å². The molecule has 0 aliphatic rings. The van der Waals surface area contributed by atoms with Gasteiger partial charge in [-0.2, -0.15) is 0 Å². The SMILES string of the molecule is CC[C@H](NC(=O)/C=C/c1c(F)cccc1Cl)C(=O)O. The highest BCUT2D eigenvalue weighted by molar-refractivity contribution is 6.32. The molecule has 1 aromatic carbocycles. The van der Waals surface area contributed by atoms with Crippen LogP contribution in [0.2, 0.25) is 5.02 Å². The number of carbonyl (C=O) groups excluding carboxylic acids is 1. The van der Waals surface area contributed by atoms with Crippen molar-refractivity contribution in [2.45, 2.75) is 19.4 Å². The minimum absolute atomic E-state index is 0.0858. The summed E-state index contributed by atoms with van der Waals surface area (Å²) in [5.41, 5.74) is 0.0858. The molecular weight excluding hydrogens is 273 g/mol. The lowest BCUT2D eigenvalue weighted by atomic mass is 10.2. The van der Waals surface area contributed by atoms with Crippen molar-refractivity contribution in [3.05, 3.63) is 40.7 Å². The quantitative estimate of drug-likeness (QED) is 0.817. The maximum Gasteiger partial charge on any atom is 0.326 e. The second-order valence-corrected chi connectivity index (χ2v) is 4.18. The van der Waals surface area contributed by atoms with Gasteiger partial charge in [-0.15, -0.1) is 0 Å². The van der Waals surface area contributed by atoms with Gasteiger partial charge in [0.25, 0.3) is 0 Å². The lowest BCUT2D eigenvalue weighted by Crippen LogP contribution is -2.39. The van der Waals surface area contributed by atoms with Gasteiger partial charge in [0.2, 0.25) is 5.91 Å². The maximum absolute atomic E-state index is 13.4. The van der Waals surface area contributed by atoms with Crippen LogP contribution in [0.1, 0.15) is 18.9 Å². The zero-order valence-corrected chi connectivity index (χ0v) is 10.9. The predicted molar refractivity (Wildman–Crippen MR) is 70.3 cm³/mol. The topological polar surface area (TPSA) is 66.4 Å². The van der Waals surface area contributed by atoms with Gasteiger partial charge in [0.05, 0.1) is 5.02 Å². The lowest BCUT2D eigenvalue weighted by molar-refractivity contribution is -0.141. The number of nitrogens with one attached hydrogen (secondary N) is 1. The summed E-state index contributed by atoms with van der Waals surface area (Å²) in [6.45, 7) is 1.64. The molecule has 0 fully saturated rings. The molecule has 102 valence electrons. The maximum atomic E-state index is 13.4. The van der Waals surface area contributed by atoms with E-state index in [4.69, 9.17) is 16.7 Å². The van der Waals surface area contributed by atoms with Crippen molar-refractivity contribution in [1.82, 2.24) is 5.32 Å². The van der Waals surface area contributed by atoms with Crippen LogP contribution < -0.4 is 5.32 Å². The first-order chi connectivity index (χ1) is 8.95. The molecule has 1 atom stereocenters. The Kier molecular flexibility index (Phi) is 5.51. The fraction of sp³-hybridized carbons (Fsp3) is 0.231. The first-order valence-electron chi connectivity index (χ1n) is 5.61. The Bertz CT molecular complexity index is 496. The van der Waals surface area contributed by atoms with Crippen LogP contribution in [0.4, 0.5) is 4.39 Å². The van der Waals surface area contributed by atoms with Crippen LogP contribution in [-0.4, -0.2) is 23.0 Å². The summed E-state index contributed by atoms with van der Waals surface area (Å²) in [5, 5.41) is 11.2. The third kappa shape index (κ3) is 4.37. The van der Waals surface area contributed by atoms with Crippen LogP contribution in [-0.2, 0) is 9.59 Å². The molecule has 0 aliphatic heterocycles. The summed E-state index contributed by atoms with van der Waals surface area (Å²) in [4.78, 5) is 22.2. The number of aliphatic carboxylic acids is 1. The van der Waals surface area contributed by atoms with Crippen molar-refractivity contribution in [2.24, 2.45) is 0 Å². The van der Waals surface area contributed by atoms with Gasteiger partial charge in [-0.05, 0) is 24.6 Å². The number of hydrogen-bond donors (Lipinski definition) is 2. The zero-order valence-electron chi connectivity index (χ0n) is 10.2. The van der Waals surface area contributed by atoms with E-state index in [0.717, 1.165) is 6.08 Å². The molecule has 0 aromatic heterocycles. The second kappa shape index (κ2) is 6.89. The molecule has 1 rings (SSSR count). The van der Waals surface area contributed by atoms with E-state index in [1.54, 1.807) is 6.92 Å². The van der Waals surface area contributed by atoms with Gasteiger partial charge >= 0.3 is 5.97 Å². The predicted octanol–water partition coefficient (Wildman–Crippen LogP) is 2.47. The molecule has 0 radical (unpaired) electrons. The fourth-order valence-corrected chi connectivity index (χ4v) is 1.61. The standard InChI is InChI=1S/C13H13ClFNO3/c1-2-11(13(18)19)16-12(17)7-6-8-9(14)4-3-5-10(8)15/h3-7,11H,2H2,1H3,(H,16,17)(H,18,19)/b7-6+/t11-/m0/s1. The molecule has 2 N–H and O–H groups in total. The van der Waals surface area contributed by atoms with Gasteiger partial charge < -0.3 is 10.4 Å². The van der Waals surface area contributed by atoms with Crippen LogP contribution in [0.25, 0.3) is 6.08 Å². The molecular formula is C13H13ClFNO3. The van der Waals surface area contributed by atoms with E-state index < -0.39 is 23.7 Å². The molecule has 0 saturated heterocycles. The first kappa shape index (κ1) is 15.2. The molecule has 1 aromatic rings. The smallest absolute Gasteiger partial charge is 0.326 e. The van der Waals surface area contributed by atoms with Crippen LogP contribution in [0.15, 0.2) is 24.3 Å². The number of carboxylic acids is 1. The second-order valence-electron chi connectivity index (χ2n) is 3.78. The van der Waals surface area contributed by atoms with Crippen molar-refractivity contribution in [1.29, 1.82) is 0 Å². The average Bonchev–Trinajstić information content (AvgIpc) is 2.35. The van der Waals surface area contributed by atoms with Crippen LogP contribution in [0, 0.1) is 5.82 Å². The molecule has 0 aliphatic carbocycles. The third-order valence-electron chi connectivity index (χ3n) is 2.42. The Morgan fingerprint density at radius 1 is 1.53 bits per heavy atom. The van der Waals surface area contributed by atoms with Gasteiger partial charge in [0.15, 0.2) is 0 Å². The van der Waals surface area contributed by atoms with E-state index >= 15 is 0 Å². The molecule has 19 heavy (non-hydrogen) atoms. The molecule has 0 spiro atoms. The number of rotatable bonds is 5. The minimum atomic E-state index is -1.12. The van der Waals surface area contributed by atoms with E-state index in [2.05, 4.69) is 5.32 Å².